The number of hydrogen-bond donors (Lipinski definition) is 2. The molecule has 6 heteroatoms. The summed E-state index contributed by atoms with van der Waals surface area (Å²) in [4.78, 5) is 22.6. The number of imide groups is 1. The Morgan fingerprint density at radius 2 is 1.83 bits per heavy atom. The summed E-state index contributed by atoms with van der Waals surface area (Å²) < 4.78 is 5.72. The average molecular weight is 329 g/mol. The first-order valence-corrected chi connectivity index (χ1v) is 7.29. The molecule has 2 aromatic carbocycles. The van der Waals surface area contributed by atoms with Gasteiger partial charge >= 0.3 is 6.03 Å². The molecular formula is C17H13ClN2O3. The van der Waals surface area contributed by atoms with E-state index in [1.807, 2.05) is 42.5 Å². The normalized spacial score (nSPS) is 15.4. The molecular weight excluding hydrogens is 316 g/mol. The molecule has 0 saturated carbocycles. The second-order valence-electron chi connectivity index (χ2n) is 4.95. The zero-order valence-electron chi connectivity index (χ0n) is 12.0. The molecule has 0 atom stereocenters. The van der Waals surface area contributed by atoms with E-state index in [4.69, 9.17) is 16.3 Å². The van der Waals surface area contributed by atoms with Crippen LogP contribution in [-0.2, 0) is 11.4 Å². The van der Waals surface area contributed by atoms with Crippen LogP contribution < -0.4 is 15.4 Å². The lowest BCUT2D eigenvalue weighted by molar-refractivity contribution is -0.115. The molecule has 0 bridgehead atoms. The summed E-state index contributed by atoms with van der Waals surface area (Å²) >= 11 is 5.84. The van der Waals surface area contributed by atoms with Crippen LogP contribution >= 0.6 is 11.6 Å². The van der Waals surface area contributed by atoms with E-state index in [1.54, 1.807) is 12.1 Å². The summed E-state index contributed by atoms with van der Waals surface area (Å²) in [6.45, 7) is 0.411. The highest BCUT2D eigenvalue weighted by atomic mass is 35.5. The van der Waals surface area contributed by atoms with Gasteiger partial charge in [0.25, 0.3) is 5.91 Å². The van der Waals surface area contributed by atoms with Crippen LogP contribution in [0.15, 0.2) is 54.2 Å². The standard InChI is InChI=1S/C17H13ClN2O3/c18-13-6-4-11(5-7-13)10-23-14-3-1-2-12(8-14)9-15-16(21)20-17(22)19-15/h1-9H,10H2,(H2,19,20,21,22)/b15-9+. The molecule has 0 aliphatic carbocycles. The van der Waals surface area contributed by atoms with Gasteiger partial charge in [0.2, 0.25) is 0 Å². The van der Waals surface area contributed by atoms with Gasteiger partial charge < -0.3 is 10.1 Å². The summed E-state index contributed by atoms with van der Waals surface area (Å²) in [6.07, 6.45) is 1.59. The highest BCUT2D eigenvalue weighted by Crippen LogP contribution is 2.18. The molecule has 1 aliphatic heterocycles. The van der Waals surface area contributed by atoms with Crippen LogP contribution in [0.5, 0.6) is 5.75 Å². The van der Waals surface area contributed by atoms with E-state index in [1.165, 1.54) is 0 Å². The fraction of sp³-hybridized carbons (Fsp3) is 0.0588. The molecule has 0 spiro atoms. The number of nitrogens with one attached hydrogen (secondary N) is 2. The lowest BCUT2D eigenvalue weighted by Crippen LogP contribution is -2.22. The zero-order valence-corrected chi connectivity index (χ0v) is 12.8. The first-order chi connectivity index (χ1) is 11.1. The Balaban J connectivity index is 1.70. The van der Waals surface area contributed by atoms with Crippen molar-refractivity contribution in [1.82, 2.24) is 10.6 Å². The summed E-state index contributed by atoms with van der Waals surface area (Å²) in [5.41, 5.74) is 1.97. The molecule has 3 amide bonds. The molecule has 1 heterocycles. The Bertz CT molecular complexity index is 785. The van der Waals surface area contributed by atoms with Crippen molar-refractivity contribution in [3.8, 4) is 5.75 Å². The number of benzene rings is 2. The Kier molecular flexibility index (Phi) is 4.30. The third kappa shape index (κ3) is 3.90. The summed E-state index contributed by atoms with van der Waals surface area (Å²) in [5, 5.41) is 5.28. The van der Waals surface area contributed by atoms with E-state index >= 15 is 0 Å². The van der Waals surface area contributed by atoms with Gasteiger partial charge in [-0.15, -0.1) is 0 Å². The van der Waals surface area contributed by atoms with E-state index in [-0.39, 0.29) is 5.70 Å². The van der Waals surface area contributed by atoms with Crippen molar-refractivity contribution in [2.45, 2.75) is 6.61 Å². The summed E-state index contributed by atoms with van der Waals surface area (Å²) in [7, 11) is 0. The topological polar surface area (TPSA) is 67.4 Å². The molecule has 5 nitrogen and oxygen atoms in total. The van der Waals surface area contributed by atoms with Gasteiger partial charge in [0, 0.05) is 5.02 Å². The first-order valence-electron chi connectivity index (χ1n) is 6.91. The summed E-state index contributed by atoms with van der Waals surface area (Å²) in [5.74, 6) is 0.224. The Labute approximate surface area is 137 Å². The van der Waals surface area contributed by atoms with Crippen LogP contribution in [0.2, 0.25) is 5.02 Å². The minimum absolute atomic E-state index is 0.213. The number of carbonyl (C=O) groups is 2. The molecule has 2 N–H and O–H groups in total. The van der Waals surface area contributed by atoms with Crippen molar-refractivity contribution in [3.05, 3.63) is 70.4 Å². The van der Waals surface area contributed by atoms with Crippen molar-refractivity contribution in [2.24, 2.45) is 0 Å². The number of urea groups is 1. The summed E-state index contributed by atoms with van der Waals surface area (Å²) in [6, 6.07) is 14.1. The SMILES string of the molecule is O=C1NC(=O)/C(=C\c2cccc(OCc3ccc(Cl)cc3)c2)N1. The van der Waals surface area contributed by atoms with Gasteiger partial charge in [-0.25, -0.2) is 4.79 Å². The minimum Gasteiger partial charge on any atom is -0.489 e. The second-order valence-corrected chi connectivity index (χ2v) is 5.39. The van der Waals surface area contributed by atoms with Crippen molar-refractivity contribution in [3.63, 3.8) is 0 Å². The van der Waals surface area contributed by atoms with E-state index < -0.39 is 11.9 Å². The molecule has 116 valence electrons. The Hall–Kier alpha value is -2.79. The van der Waals surface area contributed by atoms with Crippen molar-refractivity contribution in [2.75, 3.05) is 0 Å². The predicted molar refractivity (Wildman–Crippen MR) is 86.9 cm³/mol. The molecule has 23 heavy (non-hydrogen) atoms. The largest absolute Gasteiger partial charge is 0.489 e. The zero-order chi connectivity index (χ0) is 16.2. The molecule has 2 aromatic rings. The van der Waals surface area contributed by atoms with E-state index in [0.717, 1.165) is 11.1 Å². The predicted octanol–water partition coefficient (Wildman–Crippen LogP) is 3.10. The maximum atomic E-state index is 11.5. The van der Waals surface area contributed by atoms with Crippen LogP contribution in [-0.4, -0.2) is 11.9 Å². The van der Waals surface area contributed by atoms with Gasteiger partial charge in [-0.2, -0.15) is 0 Å². The first kappa shape index (κ1) is 15.1. The van der Waals surface area contributed by atoms with Crippen LogP contribution in [0.4, 0.5) is 4.79 Å². The number of carbonyl (C=O) groups excluding carboxylic acids is 2. The monoisotopic (exact) mass is 328 g/mol. The number of rotatable bonds is 4. The lowest BCUT2D eigenvalue weighted by atomic mass is 10.2. The van der Waals surface area contributed by atoms with Gasteiger partial charge in [0.15, 0.2) is 0 Å². The molecule has 1 saturated heterocycles. The Morgan fingerprint density at radius 3 is 2.52 bits per heavy atom. The quantitative estimate of drug-likeness (QED) is 0.669. The van der Waals surface area contributed by atoms with Gasteiger partial charge in [-0.3, -0.25) is 10.1 Å². The lowest BCUT2D eigenvalue weighted by Gasteiger charge is -2.07. The van der Waals surface area contributed by atoms with Crippen LogP contribution in [0.25, 0.3) is 6.08 Å². The fourth-order valence-electron chi connectivity index (χ4n) is 2.09. The number of halogens is 1. The van der Waals surface area contributed by atoms with Crippen LogP contribution in [0.3, 0.4) is 0 Å². The molecule has 3 rings (SSSR count). The molecule has 0 aromatic heterocycles. The minimum atomic E-state index is -0.517. The maximum absolute atomic E-state index is 11.5. The number of hydrogen-bond acceptors (Lipinski definition) is 3. The van der Waals surface area contributed by atoms with Crippen LogP contribution in [0.1, 0.15) is 11.1 Å². The van der Waals surface area contributed by atoms with E-state index in [9.17, 15) is 9.59 Å². The molecule has 0 radical (unpaired) electrons. The highest BCUT2D eigenvalue weighted by Gasteiger charge is 2.22. The van der Waals surface area contributed by atoms with E-state index in [2.05, 4.69) is 10.6 Å². The fourth-order valence-corrected chi connectivity index (χ4v) is 2.22. The van der Waals surface area contributed by atoms with Crippen molar-refractivity contribution in [1.29, 1.82) is 0 Å². The number of amides is 3. The van der Waals surface area contributed by atoms with Gasteiger partial charge in [-0.1, -0.05) is 35.9 Å². The Morgan fingerprint density at radius 1 is 1.04 bits per heavy atom. The maximum Gasteiger partial charge on any atom is 0.326 e. The average Bonchev–Trinajstić information content (AvgIpc) is 2.85. The van der Waals surface area contributed by atoms with Crippen molar-refractivity contribution < 1.29 is 14.3 Å². The number of ether oxygens (including phenoxy) is 1. The second kappa shape index (κ2) is 6.54. The van der Waals surface area contributed by atoms with Gasteiger partial charge in [0.05, 0.1) is 0 Å². The van der Waals surface area contributed by atoms with Gasteiger partial charge in [0.1, 0.15) is 18.1 Å². The van der Waals surface area contributed by atoms with Crippen molar-refractivity contribution >= 4 is 29.6 Å². The third-order valence-corrected chi connectivity index (χ3v) is 3.46. The van der Waals surface area contributed by atoms with E-state index in [0.29, 0.717) is 17.4 Å². The molecule has 1 fully saturated rings. The molecule has 0 unspecified atom stereocenters. The van der Waals surface area contributed by atoms with Gasteiger partial charge in [-0.05, 0) is 41.5 Å². The smallest absolute Gasteiger partial charge is 0.326 e. The van der Waals surface area contributed by atoms with Crippen LogP contribution in [0, 0.1) is 0 Å². The molecule has 1 aliphatic rings. The third-order valence-electron chi connectivity index (χ3n) is 3.21. The highest BCUT2D eigenvalue weighted by molar-refractivity contribution is 6.30.